The van der Waals surface area contributed by atoms with Crippen LogP contribution in [0, 0.1) is 12.8 Å². The lowest BCUT2D eigenvalue weighted by molar-refractivity contribution is -0.130. The smallest absolute Gasteiger partial charge is 0.140 e. The van der Waals surface area contributed by atoms with E-state index in [0.29, 0.717) is 25.4 Å². The molecule has 15 heavy (non-hydrogen) atoms. The first-order valence-electron chi connectivity index (χ1n) is 5.42. The monoisotopic (exact) mass is 204 g/mol. The average molecular weight is 204 g/mol. The minimum absolute atomic E-state index is 0.0700. The minimum Gasteiger partial charge on any atom is -0.380 e. The van der Waals surface area contributed by atoms with Crippen molar-refractivity contribution >= 4 is 5.78 Å². The highest BCUT2D eigenvalue weighted by Gasteiger charge is 2.22. The summed E-state index contributed by atoms with van der Waals surface area (Å²) in [5, 5.41) is 0. The molecule has 0 aromatic heterocycles. The van der Waals surface area contributed by atoms with Crippen LogP contribution < -0.4 is 0 Å². The molecule has 1 aliphatic heterocycles. The average Bonchev–Trinajstić information content (AvgIpc) is 2.22. The third-order valence-corrected chi connectivity index (χ3v) is 2.83. The molecule has 0 radical (unpaired) electrons. The van der Waals surface area contributed by atoms with Crippen molar-refractivity contribution in [1.82, 2.24) is 0 Å². The van der Waals surface area contributed by atoms with Crippen LogP contribution in [-0.4, -0.2) is 19.0 Å². The topological polar surface area (TPSA) is 26.3 Å². The fraction of sp³-hybridized carbons (Fsp3) is 0.462. The Morgan fingerprint density at radius 2 is 2.33 bits per heavy atom. The lowest BCUT2D eigenvalue weighted by Crippen LogP contribution is -2.29. The van der Waals surface area contributed by atoms with Crippen molar-refractivity contribution in [2.24, 2.45) is 5.92 Å². The number of benzene rings is 1. The number of carbonyl (C=O) groups excluding carboxylic acids is 1. The molecule has 1 atom stereocenters. The Morgan fingerprint density at radius 3 is 3.07 bits per heavy atom. The zero-order chi connectivity index (χ0) is 10.7. The zero-order valence-corrected chi connectivity index (χ0v) is 9.03. The first kappa shape index (κ1) is 10.4. The molecular formula is C13H16O2. The highest BCUT2D eigenvalue weighted by Crippen LogP contribution is 2.16. The van der Waals surface area contributed by atoms with E-state index in [1.54, 1.807) is 0 Å². The molecule has 2 heteroatoms. The molecule has 1 aromatic rings. The predicted octanol–water partition coefficient (Wildman–Crippen LogP) is 2.14. The molecule has 0 spiro atoms. The Morgan fingerprint density at radius 1 is 1.47 bits per heavy atom. The number of ether oxygens (including phenoxy) is 1. The number of hydrogen-bond donors (Lipinski definition) is 0. The van der Waals surface area contributed by atoms with Gasteiger partial charge < -0.3 is 4.74 Å². The van der Waals surface area contributed by atoms with Gasteiger partial charge in [0.1, 0.15) is 5.78 Å². The van der Waals surface area contributed by atoms with Crippen LogP contribution in [0.5, 0.6) is 0 Å². The third-order valence-electron chi connectivity index (χ3n) is 2.83. The summed E-state index contributed by atoms with van der Waals surface area (Å²) in [7, 11) is 0. The van der Waals surface area contributed by atoms with Gasteiger partial charge in [0.05, 0.1) is 13.2 Å². The number of hydrogen-bond acceptors (Lipinski definition) is 2. The van der Waals surface area contributed by atoms with E-state index >= 15 is 0 Å². The molecule has 1 unspecified atom stereocenters. The van der Waals surface area contributed by atoms with Crippen molar-refractivity contribution in [3.8, 4) is 0 Å². The van der Waals surface area contributed by atoms with E-state index in [2.05, 4.69) is 25.1 Å². The third kappa shape index (κ3) is 2.66. The molecule has 0 aliphatic carbocycles. The van der Waals surface area contributed by atoms with Gasteiger partial charge >= 0.3 is 0 Å². The molecule has 1 saturated heterocycles. The molecule has 80 valence electrons. The standard InChI is InChI=1S/C13H16O2/c1-10-3-2-4-11(7-10)8-12-9-15-6-5-13(12)14/h2-4,7,12H,5-6,8-9H2,1H3. The molecule has 0 N–H and O–H groups in total. The van der Waals surface area contributed by atoms with Crippen molar-refractivity contribution in [2.75, 3.05) is 13.2 Å². The predicted molar refractivity (Wildman–Crippen MR) is 58.8 cm³/mol. The maximum Gasteiger partial charge on any atom is 0.140 e. The first-order valence-corrected chi connectivity index (χ1v) is 5.42. The Balaban J connectivity index is 2.04. The van der Waals surface area contributed by atoms with Crippen molar-refractivity contribution < 1.29 is 9.53 Å². The highest BCUT2D eigenvalue weighted by molar-refractivity contribution is 5.82. The van der Waals surface area contributed by atoms with Crippen LogP contribution in [0.25, 0.3) is 0 Å². The van der Waals surface area contributed by atoms with E-state index < -0.39 is 0 Å². The summed E-state index contributed by atoms with van der Waals surface area (Å²) in [6, 6.07) is 8.33. The van der Waals surface area contributed by atoms with Gasteiger partial charge in [0.15, 0.2) is 0 Å². The van der Waals surface area contributed by atoms with Crippen molar-refractivity contribution in [2.45, 2.75) is 19.8 Å². The Bertz CT molecular complexity index is 357. The lowest BCUT2D eigenvalue weighted by atomic mass is 9.92. The normalized spacial score (nSPS) is 21.7. The largest absolute Gasteiger partial charge is 0.380 e. The highest BCUT2D eigenvalue weighted by atomic mass is 16.5. The summed E-state index contributed by atoms with van der Waals surface area (Å²) in [6.45, 7) is 3.26. The number of rotatable bonds is 2. The second-order valence-electron chi connectivity index (χ2n) is 4.18. The van der Waals surface area contributed by atoms with Gasteiger partial charge in [-0.3, -0.25) is 4.79 Å². The maximum absolute atomic E-state index is 11.6. The SMILES string of the molecule is Cc1cccc(CC2COCCC2=O)c1. The summed E-state index contributed by atoms with van der Waals surface area (Å²) >= 11 is 0. The van der Waals surface area contributed by atoms with Crippen LogP contribution in [0.15, 0.2) is 24.3 Å². The van der Waals surface area contributed by atoms with Crippen molar-refractivity contribution in [3.63, 3.8) is 0 Å². The number of carbonyl (C=O) groups is 1. The van der Waals surface area contributed by atoms with E-state index in [1.807, 2.05) is 6.07 Å². The molecule has 0 amide bonds. The van der Waals surface area contributed by atoms with Gasteiger partial charge in [0.2, 0.25) is 0 Å². The van der Waals surface area contributed by atoms with Crippen LogP contribution >= 0.6 is 0 Å². The molecule has 1 aromatic carbocycles. The fourth-order valence-corrected chi connectivity index (χ4v) is 1.99. The minimum atomic E-state index is 0.0700. The van der Waals surface area contributed by atoms with E-state index in [-0.39, 0.29) is 5.92 Å². The van der Waals surface area contributed by atoms with Gasteiger partial charge in [-0.25, -0.2) is 0 Å². The van der Waals surface area contributed by atoms with E-state index in [1.165, 1.54) is 11.1 Å². The second kappa shape index (κ2) is 4.58. The molecule has 0 bridgehead atoms. The van der Waals surface area contributed by atoms with E-state index in [0.717, 1.165) is 6.42 Å². The molecule has 0 saturated carbocycles. The number of Topliss-reactive ketones (excluding diaryl/α,β-unsaturated/α-hetero) is 1. The van der Waals surface area contributed by atoms with Crippen LogP contribution in [0.1, 0.15) is 17.5 Å². The van der Waals surface area contributed by atoms with Crippen LogP contribution in [-0.2, 0) is 16.0 Å². The molecule has 2 rings (SSSR count). The quantitative estimate of drug-likeness (QED) is 0.737. The maximum atomic E-state index is 11.6. The second-order valence-corrected chi connectivity index (χ2v) is 4.18. The van der Waals surface area contributed by atoms with Crippen LogP contribution in [0.3, 0.4) is 0 Å². The molecule has 2 nitrogen and oxygen atoms in total. The van der Waals surface area contributed by atoms with Gasteiger partial charge in [-0.05, 0) is 18.9 Å². The van der Waals surface area contributed by atoms with Gasteiger partial charge in [-0.15, -0.1) is 0 Å². The number of ketones is 1. The van der Waals surface area contributed by atoms with Gasteiger partial charge in [-0.1, -0.05) is 29.8 Å². The molecule has 1 aliphatic rings. The van der Waals surface area contributed by atoms with Crippen LogP contribution in [0.2, 0.25) is 0 Å². The summed E-state index contributed by atoms with van der Waals surface area (Å²) in [6.07, 6.45) is 1.40. The van der Waals surface area contributed by atoms with E-state index in [9.17, 15) is 4.79 Å². The Labute approximate surface area is 90.3 Å². The van der Waals surface area contributed by atoms with Crippen molar-refractivity contribution in [1.29, 1.82) is 0 Å². The lowest BCUT2D eigenvalue weighted by Gasteiger charge is -2.20. The van der Waals surface area contributed by atoms with Crippen molar-refractivity contribution in [3.05, 3.63) is 35.4 Å². The zero-order valence-electron chi connectivity index (χ0n) is 9.03. The number of aryl methyl sites for hydroxylation is 1. The molecular weight excluding hydrogens is 188 g/mol. The summed E-state index contributed by atoms with van der Waals surface area (Å²) in [5.74, 6) is 0.420. The summed E-state index contributed by atoms with van der Waals surface area (Å²) in [4.78, 5) is 11.6. The van der Waals surface area contributed by atoms with Crippen LogP contribution in [0.4, 0.5) is 0 Å². The Hall–Kier alpha value is -1.15. The van der Waals surface area contributed by atoms with Gasteiger partial charge in [0, 0.05) is 12.3 Å². The summed E-state index contributed by atoms with van der Waals surface area (Å²) < 4.78 is 5.33. The molecule has 1 fully saturated rings. The van der Waals surface area contributed by atoms with E-state index in [4.69, 9.17) is 4.74 Å². The summed E-state index contributed by atoms with van der Waals surface area (Å²) in [5.41, 5.74) is 2.48. The van der Waals surface area contributed by atoms with Gasteiger partial charge in [-0.2, -0.15) is 0 Å². The first-order chi connectivity index (χ1) is 7.25. The Kier molecular flexibility index (Phi) is 3.17. The fourth-order valence-electron chi connectivity index (χ4n) is 1.99. The molecule has 1 heterocycles. The van der Waals surface area contributed by atoms with Gasteiger partial charge in [0.25, 0.3) is 0 Å².